The molecule has 2 heterocycles. The van der Waals surface area contributed by atoms with Crippen molar-refractivity contribution in [2.24, 2.45) is 0 Å². The SMILES string of the molecule is COc1ccccc1NC(=O)C[C@H](C)N[C@@H]1CCCn2nc(C)nc21. The molecule has 134 valence electrons. The van der Waals surface area contributed by atoms with Gasteiger partial charge in [0, 0.05) is 19.0 Å². The fraction of sp³-hybridized carbons (Fsp3) is 0.500. The fourth-order valence-electron chi connectivity index (χ4n) is 3.26. The van der Waals surface area contributed by atoms with Crippen molar-refractivity contribution < 1.29 is 9.53 Å². The molecule has 0 bridgehead atoms. The van der Waals surface area contributed by atoms with Crippen molar-refractivity contribution in [3.8, 4) is 5.75 Å². The molecule has 0 fully saturated rings. The van der Waals surface area contributed by atoms with E-state index >= 15 is 0 Å². The van der Waals surface area contributed by atoms with Crippen LogP contribution in [-0.2, 0) is 11.3 Å². The van der Waals surface area contributed by atoms with Gasteiger partial charge in [0.05, 0.1) is 18.8 Å². The van der Waals surface area contributed by atoms with Crippen molar-refractivity contribution in [1.82, 2.24) is 20.1 Å². The number of fused-ring (bicyclic) bond motifs is 1. The summed E-state index contributed by atoms with van der Waals surface area (Å²) in [6.07, 6.45) is 2.45. The molecule has 0 unspecified atom stereocenters. The molecule has 1 aliphatic heterocycles. The lowest BCUT2D eigenvalue weighted by molar-refractivity contribution is -0.116. The van der Waals surface area contributed by atoms with Crippen molar-refractivity contribution in [3.63, 3.8) is 0 Å². The Morgan fingerprint density at radius 2 is 2.24 bits per heavy atom. The first kappa shape index (κ1) is 17.4. The maximum absolute atomic E-state index is 12.3. The zero-order valence-electron chi connectivity index (χ0n) is 15.0. The van der Waals surface area contributed by atoms with Crippen LogP contribution in [0.3, 0.4) is 0 Å². The van der Waals surface area contributed by atoms with E-state index in [-0.39, 0.29) is 18.0 Å². The zero-order chi connectivity index (χ0) is 17.8. The van der Waals surface area contributed by atoms with Gasteiger partial charge in [-0.15, -0.1) is 0 Å². The normalized spacial score (nSPS) is 17.6. The van der Waals surface area contributed by atoms with Gasteiger partial charge in [0.1, 0.15) is 17.4 Å². The molecule has 0 aliphatic carbocycles. The lowest BCUT2D eigenvalue weighted by atomic mass is 10.1. The summed E-state index contributed by atoms with van der Waals surface area (Å²) in [6.45, 7) is 4.84. The topological polar surface area (TPSA) is 81.1 Å². The molecule has 2 N–H and O–H groups in total. The third-order valence-electron chi connectivity index (χ3n) is 4.34. The molecule has 1 aliphatic rings. The van der Waals surface area contributed by atoms with E-state index in [1.54, 1.807) is 7.11 Å². The number of hydrogen-bond acceptors (Lipinski definition) is 5. The number of para-hydroxylation sites is 2. The first-order valence-electron chi connectivity index (χ1n) is 8.67. The van der Waals surface area contributed by atoms with E-state index < -0.39 is 0 Å². The third-order valence-corrected chi connectivity index (χ3v) is 4.34. The minimum Gasteiger partial charge on any atom is -0.495 e. The van der Waals surface area contributed by atoms with Crippen LogP contribution in [0.5, 0.6) is 5.75 Å². The zero-order valence-corrected chi connectivity index (χ0v) is 15.0. The average molecular weight is 343 g/mol. The first-order valence-corrected chi connectivity index (χ1v) is 8.67. The fourth-order valence-corrected chi connectivity index (χ4v) is 3.26. The number of benzene rings is 1. The standard InChI is InChI=1S/C18H25N5O2/c1-12(11-17(24)21-14-7-4-5-9-16(14)25-3)19-15-8-6-10-23-18(15)20-13(2)22-23/h4-5,7,9,12,15,19H,6,8,10-11H2,1-3H3,(H,21,24)/t12-,15+/m0/s1. The van der Waals surface area contributed by atoms with E-state index in [1.165, 1.54) is 0 Å². The molecule has 25 heavy (non-hydrogen) atoms. The Morgan fingerprint density at radius 3 is 3.04 bits per heavy atom. The molecular formula is C18H25N5O2. The lowest BCUT2D eigenvalue weighted by Crippen LogP contribution is -2.37. The molecule has 7 heteroatoms. The van der Waals surface area contributed by atoms with Crippen LogP contribution >= 0.6 is 0 Å². The molecule has 1 aromatic carbocycles. The Hall–Kier alpha value is -2.41. The summed E-state index contributed by atoms with van der Waals surface area (Å²) in [5.74, 6) is 2.39. The van der Waals surface area contributed by atoms with E-state index in [2.05, 4.69) is 20.7 Å². The van der Waals surface area contributed by atoms with Gasteiger partial charge in [-0.05, 0) is 38.8 Å². The van der Waals surface area contributed by atoms with Gasteiger partial charge in [0.15, 0.2) is 0 Å². The van der Waals surface area contributed by atoms with Gasteiger partial charge in [-0.3, -0.25) is 4.79 Å². The monoisotopic (exact) mass is 343 g/mol. The van der Waals surface area contributed by atoms with Gasteiger partial charge >= 0.3 is 0 Å². The summed E-state index contributed by atoms with van der Waals surface area (Å²) in [7, 11) is 1.59. The van der Waals surface area contributed by atoms with Crippen molar-refractivity contribution in [3.05, 3.63) is 35.9 Å². The highest BCUT2D eigenvalue weighted by atomic mass is 16.5. The molecule has 2 aromatic rings. The Balaban J connectivity index is 1.57. The first-order chi connectivity index (χ1) is 12.1. The summed E-state index contributed by atoms with van der Waals surface area (Å²) in [5.41, 5.74) is 0.690. The number of carbonyl (C=O) groups excluding carboxylic acids is 1. The molecule has 0 spiro atoms. The van der Waals surface area contributed by atoms with Gasteiger partial charge in [-0.25, -0.2) is 9.67 Å². The van der Waals surface area contributed by atoms with Crippen LogP contribution in [0.4, 0.5) is 5.69 Å². The Bertz CT molecular complexity index is 743. The van der Waals surface area contributed by atoms with Gasteiger partial charge in [0.25, 0.3) is 0 Å². The van der Waals surface area contributed by atoms with Gasteiger partial charge in [-0.1, -0.05) is 12.1 Å². The second-order valence-electron chi connectivity index (χ2n) is 6.46. The van der Waals surface area contributed by atoms with Crippen LogP contribution < -0.4 is 15.4 Å². The van der Waals surface area contributed by atoms with Crippen LogP contribution in [-0.4, -0.2) is 33.8 Å². The third kappa shape index (κ3) is 4.17. The quantitative estimate of drug-likeness (QED) is 0.842. The summed E-state index contributed by atoms with van der Waals surface area (Å²) >= 11 is 0. The number of aryl methyl sites for hydroxylation is 2. The summed E-state index contributed by atoms with van der Waals surface area (Å²) in [5, 5.41) is 10.9. The van der Waals surface area contributed by atoms with Crippen LogP contribution in [0.2, 0.25) is 0 Å². The minimum atomic E-state index is -0.0436. The number of nitrogens with zero attached hydrogens (tertiary/aromatic N) is 3. The number of rotatable bonds is 6. The smallest absolute Gasteiger partial charge is 0.226 e. The highest BCUT2D eigenvalue weighted by molar-refractivity contribution is 5.92. The Labute approximate surface area is 147 Å². The largest absolute Gasteiger partial charge is 0.495 e. The number of anilines is 1. The Morgan fingerprint density at radius 1 is 1.44 bits per heavy atom. The average Bonchev–Trinajstić information content (AvgIpc) is 2.96. The molecule has 0 saturated heterocycles. The maximum Gasteiger partial charge on any atom is 0.226 e. The van der Waals surface area contributed by atoms with Crippen LogP contribution in [0.1, 0.15) is 43.9 Å². The second kappa shape index (κ2) is 7.65. The highest BCUT2D eigenvalue weighted by Gasteiger charge is 2.25. The lowest BCUT2D eigenvalue weighted by Gasteiger charge is -2.26. The summed E-state index contributed by atoms with van der Waals surface area (Å²) in [4.78, 5) is 16.9. The number of aromatic nitrogens is 3. The van der Waals surface area contributed by atoms with Crippen molar-refractivity contribution in [2.75, 3.05) is 12.4 Å². The summed E-state index contributed by atoms with van der Waals surface area (Å²) in [6, 6.07) is 7.58. The van der Waals surface area contributed by atoms with Crippen molar-refractivity contribution >= 4 is 11.6 Å². The predicted molar refractivity (Wildman–Crippen MR) is 95.6 cm³/mol. The van der Waals surface area contributed by atoms with E-state index in [0.717, 1.165) is 31.0 Å². The molecule has 7 nitrogen and oxygen atoms in total. The number of methoxy groups -OCH3 is 1. The number of ether oxygens (including phenoxy) is 1. The minimum absolute atomic E-state index is 0.0308. The van der Waals surface area contributed by atoms with Crippen molar-refractivity contribution in [2.45, 2.75) is 51.7 Å². The van der Waals surface area contributed by atoms with Gasteiger partial charge in [-0.2, -0.15) is 5.10 Å². The van der Waals surface area contributed by atoms with E-state index in [0.29, 0.717) is 17.9 Å². The molecule has 0 saturated carbocycles. The van der Waals surface area contributed by atoms with E-state index in [9.17, 15) is 4.79 Å². The van der Waals surface area contributed by atoms with E-state index in [1.807, 2.05) is 42.8 Å². The number of carbonyl (C=O) groups is 1. The van der Waals surface area contributed by atoms with Crippen LogP contribution in [0.15, 0.2) is 24.3 Å². The van der Waals surface area contributed by atoms with Gasteiger partial charge in [0.2, 0.25) is 5.91 Å². The molecule has 1 amide bonds. The van der Waals surface area contributed by atoms with E-state index in [4.69, 9.17) is 4.74 Å². The molecule has 0 radical (unpaired) electrons. The van der Waals surface area contributed by atoms with Gasteiger partial charge < -0.3 is 15.4 Å². The number of hydrogen-bond donors (Lipinski definition) is 2. The maximum atomic E-state index is 12.3. The highest BCUT2D eigenvalue weighted by Crippen LogP contribution is 2.25. The second-order valence-corrected chi connectivity index (χ2v) is 6.46. The van der Waals surface area contributed by atoms with Crippen LogP contribution in [0, 0.1) is 6.92 Å². The predicted octanol–water partition coefficient (Wildman–Crippen LogP) is 2.44. The van der Waals surface area contributed by atoms with Crippen LogP contribution in [0.25, 0.3) is 0 Å². The molecule has 3 rings (SSSR count). The number of amides is 1. The molecule has 1 aromatic heterocycles. The molecule has 2 atom stereocenters. The Kier molecular flexibility index (Phi) is 5.33. The number of nitrogens with one attached hydrogen (secondary N) is 2. The van der Waals surface area contributed by atoms with Crippen molar-refractivity contribution in [1.29, 1.82) is 0 Å². The molecular weight excluding hydrogens is 318 g/mol. The summed E-state index contributed by atoms with van der Waals surface area (Å²) < 4.78 is 7.24.